The first kappa shape index (κ1) is 12.3. The van der Waals surface area contributed by atoms with Crippen molar-refractivity contribution in [2.24, 2.45) is 0 Å². The molecule has 0 aliphatic heterocycles. The Labute approximate surface area is 93.3 Å². The first-order valence-electron chi connectivity index (χ1n) is 3.87. The van der Waals surface area contributed by atoms with Crippen molar-refractivity contribution < 1.29 is 18.0 Å². The highest BCUT2D eigenvalue weighted by Gasteiger charge is 2.41. The first-order chi connectivity index (χ1) is 6.80. The van der Waals surface area contributed by atoms with Crippen LogP contribution in [0.4, 0.5) is 13.2 Å². The van der Waals surface area contributed by atoms with E-state index in [1.165, 1.54) is 0 Å². The van der Waals surface area contributed by atoms with E-state index in [2.05, 4.69) is 0 Å². The monoisotopic (exact) mass is 257 g/mol. The second-order valence-electron chi connectivity index (χ2n) is 2.86. The minimum Gasteiger partial charge on any atom is -0.333 e. The maximum Gasteiger partial charge on any atom is 0.471 e. The van der Waals surface area contributed by atoms with Crippen molar-refractivity contribution in [3.8, 4) is 0 Å². The zero-order valence-corrected chi connectivity index (χ0v) is 9.21. The van der Waals surface area contributed by atoms with Crippen molar-refractivity contribution in [1.29, 1.82) is 0 Å². The second-order valence-corrected chi connectivity index (χ2v) is 4.66. The van der Waals surface area contributed by atoms with E-state index in [1.54, 1.807) is 12.1 Å². The molecular formula is C8H7ClF3NOS. The molecule has 7 heteroatoms. The molecule has 2 nitrogen and oxygen atoms in total. The van der Waals surface area contributed by atoms with Crippen molar-refractivity contribution in [3.63, 3.8) is 0 Å². The van der Waals surface area contributed by atoms with Gasteiger partial charge in [0, 0.05) is 11.9 Å². The Morgan fingerprint density at radius 1 is 1.53 bits per heavy atom. The van der Waals surface area contributed by atoms with Gasteiger partial charge in [-0.25, -0.2) is 0 Å². The SMILES string of the molecule is CN(Cc1ccc(Cl)s1)C(=O)C(F)(F)F. The van der Waals surface area contributed by atoms with E-state index in [4.69, 9.17) is 11.6 Å². The molecule has 1 amide bonds. The van der Waals surface area contributed by atoms with Crippen LogP contribution < -0.4 is 0 Å². The maximum absolute atomic E-state index is 12.0. The van der Waals surface area contributed by atoms with E-state index in [0.29, 0.717) is 14.1 Å². The van der Waals surface area contributed by atoms with Crippen molar-refractivity contribution in [1.82, 2.24) is 4.90 Å². The Kier molecular flexibility index (Phi) is 3.62. The molecule has 0 fully saturated rings. The quantitative estimate of drug-likeness (QED) is 0.798. The van der Waals surface area contributed by atoms with Crippen LogP contribution in [0.3, 0.4) is 0 Å². The molecule has 0 aliphatic rings. The predicted molar refractivity (Wildman–Crippen MR) is 51.9 cm³/mol. The van der Waals surface area contributed by atoms with Gasteiger partial charge in [0.2, 0.25) is 0 Å². The van der Waals surface area contributed by atoms with Crippen molar-refractivity contribution in [2.45, 2.75) is 12.7 Å². The number of carbonyl (C=O) groups excluding carboxylic acids is 1. The molecule has 0 unspecified atom stereocenters. The van der Waals surface area contributed by atoms with E-state index < -0.39 is 12.1 Å². The highest BCUT2D eigenvalue weighted by atomic mass is 35.5. The van der Waals surface area contributed by atoms with Crippen LogP contribution in [0, 0.1) is 0 Å². The summed E-state index contributed by atoms with van der Waals surface area (Å²) in [5, 5.41) is 0. The van der Waals surface area contributed by atoms with Gasteiger partial charge in [0.15, 0.2) is 0 Å². The molecule has 84 valence electrons. The molecule has 1 aromatic rings. The van der Waals surface area contributed by atoms with E-state index in [9.17, 15) is 18.0 Å². The second kappa shape index (κ2) is 4.40. The van der Waals surface area contributed by atoms with E-state index in [1.807, 2.05) is 0 Å². The minimum atomic E-state index is -4.82. The fourth-order valence-corrected chi connectivity index (χ4v) is 2.10. The summed E-state index contributed by atoms with van der Waals surface area (Å²) >= 11 is 6.75. The number of thiophene rings is 1. The van der Waals surface area contributed by atoms with Crippen LogP contribution >= 0.6 is 22.9 Å². The lowest BCUT2D eigenvalue weighted by Gasteiger charge is -2.17. The van der Waals surface area contributed by atoms with Crippen molar-refractivity contribution in [3.05, 3.63) is 21.3 Å². The van der Waals surface area contributed by atoms with Gasteiger partial charge in [0.1, 0.15) is 0 Å². The number of hydrogen-bond acceptors (Lipinski definition) is 2. The Bertz CT molecular complexity index is 363. The molecule has 1 aromatic heterocycles. The zero-order chi connectivity index (χ0) is 11.6. The normalized spacial score (nSPS) is 11.5. The highest BCUT2D eigenvalue weighted by Crippen LogP contribution is 2.24. The number of hydrogen-bond donors (Lipinski definition) is 0. The van der Waals surface area contributed by atoms with Crippen molar-refractivity contribution >= 4 is 28.8 Å². The van der Waals surface area contributed by atoms with Gasteiger partial charge in [0.25, 0.3) is 0 Å². The summed E-state index contributed by atoms with van der Waals surface area (Å²) in [7, 11) is 1.10. The van der Waals surface area contributed by atoms with E-state index in [-0.39, 0.29) is 6.54 Å². The van der Waals surface area contributed by atoms with Gasteiger partial charge in [0.05, 0.1) is 10.9 Å². The summed E-state index contributed by atoms with van der Waals surface area (Å²) in [5.41, 5.74) is 0. The smallest absolute Gasteiger partial charge is 0.333 e. The number of alkyl halides is 3. The Morgan fingerprint density at radius 2 is 2.13 bits per heavy atom. The molecule has 0 N–H and O–H groups in total. The minimum absolute atomic E-state index is 0.0876. The zero-order valence-electron chi connectivity index (χ0n) is 7.64. The molecule has 0 saturated heterocycles. The molecule has 0 aliphatic carbocycles. The van der Waals surface area contributed by atoms with Crippen LogP contribution in [0.25, 0.3) is 0 Å². The number of halogens is 4. The van der Waals surface area contributed by atoms with Crippen LogP contribution in [0.5, 0.6) is 0 Å². The van der Waals surface area contributed by atoms with Gasteiger partial charge in [-0.15, -0.1) is 11.3 Å². The van der Waals surface area contributed by atoms with Crippen molar-refractivity contribution in [2.75, 3.05) is 7.05 Å². The van der Waals surface area contributed by atoms with Crippen LogP contribution in [-0.2, 0) is 11.3 Å². The molecule has 0 aromatic carbocycles. The Morgan fingerprint density at radius 3 is 2.53 bits per heavy atom. The molecule has 0 atom stereocenters. The predicted octanol–water partition coefficient (Wildman–Crippen LogP) is 2.92. The Balaban J connectivity index is 2.64. The van der Waals surface area contributed by atoms with Gasteiger partial charge in [-0.2, -0.15) is 13.2 Å². The molecule has 0 spiro atoms. The third kappa shape index (κ3) is 3.39. The van der Waals surface area contributed by atoms with Gasteiger partial charge in [-0.3, -0.25) is 4.79 Å². The van der Waals surface area contributed by atoms with Gasteiger partial charge < -0.3 is 4.90 Å². The maximum atomic E-state index is 12.0. The van der Waals surface area contributed by atoms with Crippen LogP contribution in [-0.4, -0.2) is 24.0 Å². The summed E-state index contributed by atoms with van der Waals surface area (Å²) < 4.78 is 36.5. The molecule has 1 heterocycles. The van der Waals surface area contributed by atoms with E-state index >= 15 is 0 Å². The average Bonchev–Trinajstić information content (AvgIpc) is 2.48. The van der Waals surface area contributed by atoms with Gasteiger partial charge >= 0.3 is 12.1 Å². The summed E-state index contributed by atoms with van der Waals surface area (Å²) in [6.07, 6.45) is -4.82. The van der Waals surface area contributed by atoms with Crippen LogP contribution in [0.1, 0.15) is 4.88 Å². The molecule has 1 rings (SSSR count). The summed E-state index contributed by atoms with van der Waals surface area (Å²) in [4.78, 5) is 12.0. The van der Waals surface area contributed by atoms with Gasteiger partial charge in [-0.05, 0) is 12.1 Å². The number of nitrogens with zero attached hydrogens (tertiary/aromatic N) is 1. The summed E-state index contributed by atoms with van der Waals surface area (Å²) in [6.45, 7) is -0.0876. The van der Waals surface area contributed by atoms with Crippen LogP contribution in [0.15, 0.2) is 12.1 Å². The number of rotatable bonds is 2. The fourth-order valence-electron chi connectivity index (χ4n) is 0.959. The Hall–Kier alpha value is -0.750. The lowest BCUT2D eigenvalue weighted by atomic mass is 10.4. The van der Waals surface area contributed by atoms with E-state index in [0.717, 1.165) is 18.4 Å². The molecule has 0 radical (unpaired) electrons. The highest BCUT2D eigenvalue weighted by molar-refractivity contribution is 7.16. The standard InChI is InChI=1S/C8H7ClF3NOS/c1-13(7(14)8(10,11)12)4-5-2-3-6(9)15-5/h2-3H,4H2,1H3. The van der Waals surface area contributed by atoms with Gasteiger partial charge in [-0.1, -0.05) is 11.6 Å². The molecule has 0 bridgehead atoms. The lowest BCUT2D eigenvalue weighted by molar-refractivity contribution is -0.184. The third-order valence-electron chi connectivity index (χ3n) is 1.61. The largest absolute Gasteiger partial charge is 0.471 e. The molecule has 0 saturated carbocycles. The third-order valence-corrected chi connectivity index (χ3v) is 2.83. The topological polar surface area (TPSA) is 20.3 Å². The summed E-state index contributed by atoms with van der Waals surface area (Å²) in [5.74, 6) is -1.85. The lowest BCUT2D eigenvalue weighted by Crippen LogP contribution is -2.37. The average molecular weight is 258 g/mol. The number of amides is 1. The van der Waals surface area contributed by atoms with Crippen LogP contribution in [0.2, 0.25) is 4.34 Å². The number of carbonyl (C=O) groups is 1. The molecular weight excluding hydrogens is 251 g/mol. The molecule has 15 heavy (non-hydrogen) atoms. The first-order valence-corrected chi connectivity index (χ1v) is 5.06. The fraction of sp³-hybridized carbons (Fsp3) is 0.375. The summed E-state index contributed by atoms with van der Waals surface area (Å²) in [6, 6.07) is 3.17.